The average Bonchev–Trinajstić information content (AvgIpc) is 2.53. The van der Waals surface area contributed by atoms with Crippen molar-refractivity contribution in [2.45, 2.75) is 20.3 Å². The number of aromatic nitrogens is 1. The zero-order valence-corrected chi connectivity index (χ0v) is 14.8. The normalized spacial score (nSPS) is 10.1. The van der Waals surface area contributed by atoms with Crippen molar-refractivity contribution in [2.75, 3.05) is 5.32 Å². The molecule has 27 heavy (non-hydrogen) atoms. The third kappa shape index (κ3) is 6.14. The lowest BCUT2D eigenvalue weighted by Gasteiger charge is -2.02. The predicted molar refractivity (Wildman–Crippen MR) is 98.4 cm³/mol. The third-order valence-corrected chi connectivity index (χ3v) is 3.48. The molecule has 0 radical (unpaired) electrons. The van der Waals surface area contributed by atoms with Crippen molar-refractivity contribution in [3.05, 3.63) is 65.7 Å². The van der Waals surface area contributed by atoms with Crippen molar-refractivity contribution in [2.24, 2.45) is 0 Å². The smallest absolute Gasteiger partial charge is 0.231 e. The summed E-state index contributed by atoms with van der Waals surface area (Å²) in [5, 5.41) is 12.4. The van der Waals surface area contributed by atoms with Crippen LogP contribution in [0.3, 0.4) is 0 Å². The summed E-state index contributed by atoms with van der Waals surface area (Å²) in [6, 6.07) is 11.4. The molecule has 7 heteroatoms. The molecule has 5 nitrogen and oxygen atoms in total. The van der Waals surface area contributed by atoms with Crippen LogP contribution in [0.5, 0.6) is 5.88 Å². The van der Waals surface area contributed by atoms with E-state index in [9.17, 15) is 18.4 Å². The van der Waals surface area contributed by atoms with Crippen molar-refractivity contribution in [3.63, 3.8) is 0 Å². The summed E-state index contributed by atoms with van der Waals surface area (Å²) in [4.78, 5) is 25.5. The number of benzene rings is 2. The Hall–Kier alpha value is -3.35. The van der Waals surface area contributed by atoms with Gasteiger partial charge in [0.15, 0.2) is 0 Å². The number of hydrogen-bond acceptors (Lipinski definition) is 4. The molecule has 0 aliphatic carbocycles. The number of nitrogens with zero attached hydrogens (tertiary/aromatic N) is 1. The number of aryl methyl sites for hydroxylation is 1. The van der Waals surface area contributed by atoms with Gasteiger partial charge in [0.25, 0.3) is 0 Å². The molecule has 1 aromatic heterocycles. The minimum Gasteiger partial charge on any atom is -0.493 e. The van der Waals surface area contributed by atoms with Crippen LogP contribution >= 0.6 is 0 Å². The monoisotopic (exact) mass is 372 g/mol. The Morgan fingerprint density at radius 2 is 1.78 bits per heavy atom. The molecular weight excluding hydrogens is 354 g/mol. The molecule has 0 aliphatic heterocycles. The maximum absolute atomic E-state index is 12.8. The molecule has 2 aromatic carbocycles. The molecule has 2 N–H and O–H groups in total. The fourth-order valence-corrected chi connectivity index (χ4v) is 2.36. The third-order valence-electron chi connectivity index (χ3n) is 3.48. The van der Waals surface area contributed by atoms with E-state index >= 15 is 0 Å². The summed E-state index contributed by atoms with van der Waals surface area (Å²) < 4.78 is 25.4. The number of ketones is 1. The highest BCUT2D eigenvalue weighted by atomic mass is 19.1. The second-order valence-electron chi connectivity index (χ2n) is 5.90. The average molecular weight is 372 g/mol. The molecule has 0 saturated heterocycles. The van der Waals surface area contributed by atoms with E-state index in [-0.39, 0.29) is 23.9 Å². The first-order chi connectivity index (χ1) is 12.7. The van der Waals surface area contributed by atoms with Gasteiger partial charge in [0.05, 0.1) is 11.9 Å². The Morgan fingerprint density at radius 1 is 1.07 bits per heavy atom. The van der Waals surface area contributed by atoms with Gasteiger partial charge in [0.1, 0.15) is 17.4 Å². The van der Waals surface area contributed by atoms with Gasteiger partial charge in [-0.05, 0) is 49.7 Å². The van der Waals surface area contributed by atoms with E-state index in [1.54, 1.807) is 18.2 Å². The number of rotatable bonds is 3. The minimum atomic E-state index is -0.428. The predicted octanol–water partition coefficient (Wildman–Crippen LogP) is 4.13. The zero-order chi connectivity index (χ0) is 20.0. The van der Waals surface area contributed by atoms with Gasteiger partial charge in [-0.15, -0.1) is 0 Å². The quantitative estimate of drug-likeness (QED) is 0.678. The maximum atomic E-state index is 12.8. The molecule has 0 unspecified atom stereocenters. The molecule has 3 rings (SSSR count). The Balaban J connectivity index is 0.000000194. The Labute approximate surface area is 154 Å². The molecule has 0 fully saturated rings. The van der Waals surface area contributed by atoms with Crippen molar-refractivity contribution >= 4 is 28.3 Å². The van der Waals surface area contributed by atoms with Crippen molar-refractivity contribution < 1.29 is 23.5 Å². The number of carbonyl (C=O) groups is 2. The molecule has 140 valence electrons. The highest BCUT2D eigenvalue weighted by Crippen LogP contribution is 2.21. The Bertz CT molecular complexity index is 985. The number of anilines is 1. The maximum Gasteiger partial charge on any atom is 0.231 e. The molecule has 3 aromatic rings. The summed E-state index contributed by atoms with van der Waals surface area (Å²) in [5.41, 5.74) is 1.73. The lowest BCUT2D eigenvalue weighted by atomic mass is 10.1. The van der Waals surface area contributed by atoms with Crippen LogP contribution in [0.4, 0.5) is 14.5 Å². The zero-order valence-electron chi connectivity index (χ0n) is 14.8. The van der Waals surface area contributed by atoms with Crippen LogP contribution in [0.25, 0.3) is 10.9 Å². The topological polar surface area (TPSA) is 79.3 Å². The highest BCUT2D eigenvalue weighted by Gasteiger charge is 2.05. The molecule has 0 spiro atoms. The Morgan fingerprint density at radius 3 is 2.44 bits per heavy atom. The summed E-state index contributed by atoms with van der Waals surface area (Å²) in [6.45, 7) is 3.17. The minimum absolute atomic E-state index is 0.0735. The molecule has 1 heterocycles. The molecule has 0 saturated carbocycles. The van der Waals surface area contributed by atoms with Gasteiger partial charge in [-0.25, -0.2) is 13.8 Å². The van der Waals surface area contributed by atoms with E-state index in [0.29, 0.717) is 11.2 Å². The Kier molecular flexibility index (Phi) is 6.54. The standard InChI is InChI=1S/C10H10FNO2.C10H8FNO/c1-7(13)5-10(14)12-9-4-2-3-8(11)6-9;1-6-4-10(13)12-9-5-7(11)2-3-8(6)9/h2-4,6H,5H2,1H3,(H,12,14);2-5H,1H3,(H,12,13). The van der Waals surface area contributed by atoms with Crippen molar-refractivity contribution in [3.8, 4) is 5.88 Å². The molecule has 0 aliphatic rings. The van der Waals surface area contributed by atoms with Gasteiger partial charge in [-0.2, -0.15) is 0 Å². The fraction of sp³-hybridized carbons (Fsp3) is 0.150. The van der Waals surface area contributed by atoms with E-state index < -0.39 is 11.7 Å². The second kappa shape index (κ2) is 8.84. The van der Waals surface area contributed by atoms with Gasteiger partial charge in [-0.1, -0.05) is 6.07 Å². The number of amides is 1. The van der Waals surface area contributed by atoms with E-state index in [2.05, 4.69) is 10.3 Å². The molecule has 0 atom stereocenters. The van der Waals surface area contributed by atoms with Crippen LogP contribution in [-0.4, -0.2) is 21.8 Å². The van der Waals surface area contributed by atoms with Crippen LogP contribution in [0.1, 0.15) is 18.9 Å². The van der Waals surface area contributed by atoms with Crippen molar-refractivity contribution in [1.29, 1.82) is 0 Å². The fourth-order valence-electron chi connectivity index (χ4n) is 2.36. The SMILES string of the molecule is CC(=O)CC(=O)Nc1cccc(F)c1.Cc1cc(O)nc2cc(F)ccc12. The first kappa shape index (κ1) is 20.0. The summed E-state index contributed by atoms with van der Waals surface area (Å²) in [7, 11) is 0. The number of Topliss-reactive ketones (excluding diaryl/α,β-unsaturated/α-hetero) is 1. The number of fused-ring (bicyclic) bond motifs is 1. The van der Waals surface area contributed by atoms with E-state index in [0.717, 1.165) is 10.9 Å². The first-order valence-corrected chi connectivity index (χ1v) is 8.05. The van der Waals surface area contributed by atoms with E-state index in [1.807, 2.05) is 6.92 Å². The second-order valence-corrected chi connectivity index (χ2v) is 5.90. The number of pyridine rings is 1. The summed E-state index contributed by atoms with van der Waals surface area (Å²) in [5.74, 6) is -1.49. The highest BCUT2D eigenvalue weighted by molar-refractivity contribution is 6.03. The van der Waals surface area contributed by atoms with Crippen LogP contribution in [0.15, 0.2) is 48.5 Å². The summed E-state index contributed by atoms with van der Waals surface area (Å²) in [6.07, 6.45) is -0.184. The number of aromatic hydroxyl groups is 1. The van der Waals surface area contributed by atoms with Crippen LogP contribution in [0.2, 0.25) is 0 Å². The van der Waals surface area contributed by atoms with Gasteiger partial charge in [0, 0.05) is 23.2 Å². The first-order valence-electron chi connectivity index (χ1n) is 8.05. The summed E-state index contributed by atoms with van der Waals surface area (Å²) >= 11 is 0. The number of carbonyl (C=O) groups excluding carboxylic acids is 2. The number of nitrogens with one attached hydrogen (secondary N) is 1. The lowest BCUT2D eigenvalue weighted by molar-refractivity contribution is -0.124. The van der Waals surface area contributed by atoms with Gasteiger partial charge < -0.3 is 10.4 Å². The van der Waals surface area contributed by atoms with E-state index in [1.165, 1.54) is 37.3 Å². The van der Waals surface area contributed by atoms with Gasteiger partial charge >= 0.3 is 0 Å². The molecular formula is C20H18F2N2O3. The van der Waals surface area contributed by atoms with Crippen LogP contribution in [-0.2, 0) is 9.59 Å². The van der Waals surface area contributed by atoms with Crippen LogP contribution in [0, 0.1) is 18.6 Å². The van der Waals surface area contributed by atoms with E-state index in [4.69, 9.17) is 5.11 Å². The largest absolute Gasteiger partial charge is 0.493 e. The van der Waals surface area contributed by atoms with Gasteiger partial charge in [0.2, 0.25) is 11.8 Å². The number of hydrogen-bond donors (Lipinski definition) is 2. The molecule has 0 bridgehead atoms. The molecule has 1 amide bonds. The van der Waals surface area contributed by atoms with Crippen LogP contribution < -0.4 is 5.32 Å². The lowest BCUT2D eigenvalue weighted by Crippen LogP contribution is -2.14. The van der Waals surface area contributed by atoms with Crippen molar-refractivity contribution in [1.82, 2.24) is 4.98 Å². The number of halogens is 2. The van der Waals surface area contributed by atoms with Gasteiger partial charge in [-0.3, -0.25) is 9.59 Å².